The number of alkyl halides is 1. The molecule has 0 aromatic carbocycles. The van der Waals surface area contributed by atoms with E-state index in [1.165, 1.54) is 19.3 Å². The Labute approximate surface area is 105 Å². The maximum atomic E-state index is 4.53. The number of anilines is 1. The van der Waals surface area contributed by atoms with E-state index in [0.717, 1.165) is 29.2 Å². The molecule has 16 heavy (non-hydrogen) atoms. The SMILES string of the molecule is Cc1nnc(N2CCCCC2CBr)nc1C. The Morgan fingerprint density at radius 2 is 2.06 bits per heavy atom. The molecule has 1 aliphatic rings. The van der Waals surface area contributed by atoms with E-state index >= 15 is 0 Å². The van der Waals surface area contributed by atoms with Crippen molar-refractivity contribution in [2.45, 2.75) is 39.2 Å². The van der Waals surface area contributed by atoms with E-state index in [9.17, 15) is 0 Å². The van der Waals surface area contributed by atoms with Gasteiger partial charge in [-0.1, -0.05) is 15.9 Å². The highest BCUT2D eigenvalue weighted by Crippen LogP contribution is 2.22. The molecule has 0 spiro atoms. The molecule has 1 saturated heterocycles. The summed E-state index contributed by atoms with van der Waals surface area (Å²) in [6, 6.07) is 0.512. The summed E-state index contributed by atoms with van der Waals surface area (Å²) < 4.78 is 0. The zero-order valence-electron chi connectivity index (χ0n) is 9.78. The van der Waals surface area contributed by atoms with Crippen molar-refractivity contribution in [3.8, 4) is 0 Å². The molecule has 1 unspecified atom stereocenters. The molecule has 1 aromatic heterocycles. The Kier molecular flexibility index (Phi) is 3.74. The number of hydrogen-bond acceptors (Lipinski definition) is 4. The van der Waals surface area contributed by atoms with E-state index in [4.69, 9.17) is 0 Å². The monoisotopic (exact) mass is 284 g/mol. The minimum Gasteiger partial charge on any atom is -0.336 e. The van der Waals surface area contributed by atoms with Crippen molar-refractivity contribution < 1.29 is 0 Å². The number of halogens is 1. The van der Waals surface area contributed by atoms with E-state index in [1.807, 2.05) is 13.8 Å². The predicted molar refractivity (Wildman–Crippen MR) is 68.1 cm³/mol. The topological polar surface area (TPSA) is 41.9 Å². The maximum absolute atomic E-state index is 4.53. The fourth-order valence-corrected chi connectivity index (χ4v) is 2.66. The highest BCUT2D eigenvalue weighted by atomic mass is 79.9. The van der Waals surface area contributed by atoms with Crippen LogP contribution in [0, 0.1) is 13.8 Å². The minimum absolute atomic E-state index is 0.512. The van der Waals surface area contributed by atoms with Gasteiger partial charge in [-0.2, -0.15) is 5.10 Å². The van der Waals surface area contributed by atoms with Crippen molar-refractivity contribution in [3.63, 3.8) is 0 Å². The Morgan fingerprint density at radius 1 is 1.25 bits per heavy atom. The molecule has 0 N–H and O–H groups in total. The van der Waals surface area contributed by atoms with Gasteiger partial charge in [0.1, 0.15) is 0 Å². The number of aromatic nitrogens is 3. The third kappa shape index (κ3) is 2.34. The molecular formula is C11H17BrN4. The molecule has 1 fully saturated rings. The van der Waals surface area contributed by atoms with Crippen LogP contribution in [0.3, 0.4) is 0 Å². The number of rotatable bonds is 2. The maximum Gasteiger partial charge on any atom is 0.245 e. The highest BCUT2D eigenvalue weighted by molar-refractivity contribution is 9.09. The molecule has 0 bridgehead atoms. The molecule has 1 aliphatic heterocycles. The highest BCUT2D eigenvalue weighted by Gasteiger charge is 2.24. The number of hydrogen-bond donors (Lipinski definition) is 0. The first kappa shape index (κ1) is 11.8. The van der Waals surface area contributed by atoms with Crippen LogP contribution in [-0.4, -0.2) is 33.1 Å². The third-order valence-corrected chi connectivity index (χ3v) is 3.89. The second kappa shape index (κ2) is 5.08. The third-order valence-electron chi connectivity index (χ3n) is 3.14. The lowest BCUT2D eigenvalue weighted by atomic mass is 10.0. The first-order valence-electron chi connectivity index (χ1n) is 5.73. The van der Waals surface area contributed by atoms with E-state index < -0.39 is 0 Å². The smallest absolute Gasteiger partial charge is 0.245 e. The lowest BCUT2D eigenvalue weighted by Crippen LogP contribution is -2.42. The molecule has 0 saturated carbocycles. The molecule has 2 heterocycles. The van der Waals surface area contributed by atoms with Crippen LogP contribution in [0.1, 0.15) is 30.7 Å². The fourth-order valence-electron chi connectivity index (χ4n) is 1.99. The van der Waals surface area contributed by atoms with Crippen molar-refractivity contribution in [1.82, 2.24) is 15.2 Å². The zero-order valence-corrected chi connectivity index (χ0v) is 11.4. The minimum atomic E-state index is 0.512. The first-order chi connectivity index (χ1) is 7.72. The molecule has 0 aliphatic carbocycles. The molecule has 5 heteroatoms. The van der Waals surface area contributed by atoms with Crippen LogP contribution in [0.5, 0.6) is 0 Å². The van der Waals surface area contributed by atoms with Gasteiger partial charge in [0.05, 0.1) is 11.4 Å². The lowest BCUT2D eigenvalue weighted by molar-refractivity contribution is 0.480. The summed E-state index contributed by atoms with van der Waals surface area (Å²) in [4.78, 5) is 6.80. The zero-order chi connectivity index (χ0) is 11.5. The van der Waals surface area contributed by atoms with Crippen LogP contribution in [0.15, 0.2) is 0 Å². The quantitative estimate of drug-likeness (QED) is 0.782. The second-order valence-corrected chi connectivity index (χ2v) is 4.93. The van der Waals surface area contributed by atoms with Gasteiger partial charge >= 0.3 is 0 Å². The Morgan fingerprint density at radius 3 is 2.75 bits per heavy atom. The summed E-state index contributed by atoms with van der Waals surface area (Å²) in [6.45, 7) is 4.97. The van der Waals surface area contributed by atoms with Gasteiger partial charge in [-0.25, -0.2) is 4.98 Å². The summed E-state index contributed by atoms with van der Waals surface area (Å²) in [6.07, 6.45) is 3.73. The van der Waals surface area contributed by atoms with E-state index in [2.05, 4.69) is 36.0 Å². The second-order valence-electron chi connectivity index (χ2n) is 4.28. The van der Waals surface area contributed by atoms with Gasteiger partial charge < -0.3 is 4.90 Å². The summed E-state index contributed by atoms with van der Waals surface area (Å²) in [5, 5.41) is 9.33. The van der Waals surface area contributed by atoms with Gasteiger partial charge in [0.25, 0.3) is 0 Å². The average molecular weight is 285 g/mol. The fraction of sp³-hybridized carbons (Fsp3) is 0.727. The normalized spacial score (nSPS) is 21.2. The van der Waals surface area contributed by atoms with Gasteiger partial charge in [0.2, 0.25) is 5.95 Å². The number of nitrogens with zero attached hydrogens (tertiary/aromatic N) is 4. The lowest BCUT2D eigenvalue weighted by Gasteiger charge is -2.34. The van der Waals surface area contributed by atoms with Gasteiger partial charge in [-0.05, 0) is 33.1 Å². The van der Waals surface area contributed by atoms with Crippen LogP contribution in [0.25, 0.3) is 0 Å². The Bertz CT molecular complexity index is 369. The van der Waals surface area contributed by atoms with Crippen LogP contribution in [0.2, 0.25) is 0 Å². The van der Waals surface area contributed by atoms with E-state index in [-0.39, 0.29) is 0 Å². The average Bonchev–Trinajstić information content (AvgIpc) is 2.32. The van der Waals surface area contributed by atoms with Crippen LogP contribution in [0.4, 0.5) is 5.95 Å². The van der Waals surface area contributed by atoms with Crippen molar-refractivity contribution in [3.05, 3.63) is 11.4 Å². The van der Waals surface area contributed by atoms with Crippen LogP contribution >= 0.6 is 15.9 Å². The molecule has 4 nitrogen and oxygen atoms in total. The standard InChI is InChI=1S/C11H17BrN4/c1-8-9(2)14-15-11(13-8)16-6-4-3-5-10(16)7-12/h10H,3-7H2,1-2H3. The van der Waals surface area contributed by atoms with Gasteiger partial charge in [-0.3, -0.25) is 0 Å². The Balaban J connectivity index is 2.23. The van der Waals surface area contributed by atoms with Gasteiger partial charge in [0.15, 0.2) is 0 Å². The van der Waals surface area contributed by atoms with Crippen molar-refractivity contribution >= 4 is 21.9 Å². The van der Waals surface area contributed by atoms with Crippen LogP contribution in [-0.2, 0) is 0 Å². The molecule has 2 rings (SSSR count). The Hall–Kier alpha value is -0.710. The number of aryl methyl sites for hydroxylation is 2. The van der Waals surface area contributed by atoms with Gasteiger partial charge in [-0.15, -0.1) is 5.10 Å². The molecule has 88 valence electrons. The molecule has 1 aromatic rings. The molecular weight excluding hydrogens is 268 g/mol. The molecule has 0 amide bonds. The van der Waals surface area contributed by atoms with E-state index in [1.54, 1.807) is 0 Å². The van der Waals surface area contributed by atoms with Crippen molar-refractivity contribution in [2.75, 3.05) is 16.8 Å². The number of piperidine rings is 1. The largest absolute Gasteiger partial charge is 0.336 e. The van der Waals surface area contributed by atoms with Crippen molar-refractivity contribution in [1.29, 1.82) is 0 Å². The summed E-state index contributed by atoms with van der Waals surface area (Å²) >= 11 is 3.56. The van der Waals surface area contributed by atoms with Crippen molar-refractivity contribution in [2.24, 2.45) is 0 Å². The van der Waals surface area contributed by atoms with E-state index in [0.29, 0.717) is 6.04 Å². The molecule has 0 radical (unpaired) electrons. The van der Waals surface area contributed by atoms with Crippen LogP contribution < -0.4 is 4.90 Å². The summed E-state index contributed by atoms with van der Waals surface area (Å²) in [5.41, 5.74) is 1.89. The predicted octanol–water partition coefficient (Wildman–Crippen LogP) is 2.24. The summed E-state index contributed by atoms with van der Waals surface area (Å²) in [5.74, 6) is 0.784. The first-order valence-corrected chi connectivity index (χ1v) is 6.85. The molecule has 1 atom stereocenters. The van der Waals surface area contributed by atoms with Gasteiger partial charge in [0, 0.05) is 17.9 Å². The summed E-state index contributed by atoms with van der Waals surface area (Å²) in [7, 11) is 0.